The molecule has 0 saturated carbocycles. The number of sulfone groups is 2. The summed E-state index contributed by atoms with van der Waals surface area (Å²) in [5.74, 6) is -0.966. The van der Waals surface area contributed by atoms with Gasteiger partial charge in [0.25, 0.3) is 5.91 Å². The van der Waals surface area contributed by atoms with Gasteiger partial charge in [-0.15, -0.1) is 0 Å². The van der Waals surface area contributed by atoms with E-state index < -0.39 is 37.5 Å². The number of nitrogens with zero attached hydrogens (tertiary/aromatic N) is 4. The van der Waals surface area contributed by atoms with Crippen molar-refractivity contribution >= 4 is 31.4 Å². The van der Waals surface area contributed by atoms with E-state index in [1.165, 1.54) is 24.5 Å². The number of halogens is 3. The summed E-state index contributed by atoms with van der Waals surface area (Å²) in [4.78, 5) is 19.8. The van der Waals surface area contributed by atoms with Gasteiger partial charge in [0.15, 0.2) is 19.7 Å². The van der Waals surface area contributed by atoms with Crippen LogP contribution in [0.1, 0.15) is 16.1 Å². The Morgan fingerprint density at radius 2 is 1.58 bits per heavy atom. The quantitative estimate of drug-likeness (QED) is 0.375. The molecule has 10 nitrogen and oxygen atoms in total. The third-order valence-corrected chi connectivity index (χ3v) is 7.37. The van der Waals surface area contributed by atoms with Crippen molar-refractivity contribution in [3.63, 3.8) is 0 Å². The van der Waals surface area contributed by atoms with E-state index >= 15 is 0 Å². The second-order valence-electron chi connectivity index (χ2n) is 8.16. The third kappa shape index (κ3) is 5.89. The highest BCUT2D eigenvalue weighted by Gasteiger charge is 2.36. The van der Waals surface area contributed by atoms with Gasteiger partial charge in [-0.3, -0.25) is 9.78 Å². The lowest BCUT2D eigenvalue weighted by Gasteiger charge is -2.11. The average molecular weight is 566 g/mol. The minimum atomic E-state index is -4.73. The monoisotopic (exact) mass is 565 g/mol. The highest BCUT2D eigenvalue weighted by Crippen LogP contribution is 2.34. The number of carbonyl (C=O) groups is 1. The molecule has 4 aromatic rings. The van der Waals surface area contributed by atoms with Gasteiger partial charge in [0.05, 0.1) is 27.4 Å². The van der Waals surface area contributed by atoms with Crippen LogP contribution in [0.25, 0.3) is 16.9 Å². The fourth-order valence-corrected chi connectivity index (χ4v) is 4.78. The highest BCUT2D eigenvalue weighted by molar-refractivity contribution is 7.91. The molecule has 15 heteroatoms. The van der Waals surface area contributed by atoms with E-state index in [-0.39, 0.29) is 32.6 Å². The normalized spacial score (nSPS) is 12.3. The zero-order valence-electron chi connectivity index (χ0n) is 19.6. The molecule has 1 aromatic carbocycles. The minimum absolute atomic E-state index is 0.0373. The molecule has 0 fully saturated rings. The SMILES string of the molecule is CS(=O)(=O)c1cc(C(=O)Nc2ccc(-n3nc(-c4cccnc4)cc3C(F)(F)F)cn2)cc(S(C)(=O)=O)c1. The Labute approximate surface area is 215 Å². The van der Waals surface area contributed by atoms with Crippen LogP contribution < -0.4 is 5.32 Å². The number of nitrogens with one attached hydrogen (secondary N) is 1. The van der Waals surface area contributed by atoms with E-state index in [0.29, 0.717) is 10.2 Å². The van der Waals surface area contributed by atoms with Gasteiger partial charge in [-0.1, -0.05) is 0 Å². The number of benzene rings is 1. The standard InChI is InChI=1S/C23H18F3N5O5S2/c1-37(33,34)17-8-15(9-18(10-17)38(2,35)36)22(32)29-21-6-5-16(13-28-21)31-20(23(24,25)26)11-19(30-31)14-4-3-7-27-12-14/h3-13H,1-2H3,(H,28,29,32). The molecule has 4 rings (SSSR count). The summed E-state index contributed by atoms with van der Waals surface area (Å²) < 4.78 is 89.7. The lowest BCUT2D eigenvalue weighted by Crippen LogP contribution is -2.16. The van der Waals surface area contributed by atoms with E-state index in [2.05, 4.69) is 20.4 Å². The zero-order valence-corrected chi connectivity index (χ0v) is 21.3. The Balaban J connectivity index is 1.65. The van der Waals surface area contributed by atoms with E-state index in [0.717, 1.165) is 43.0 Å². The van der Waals surface area contributed by atoms with Gasteiger partial charge in [-0.25, -0.2) is 26.5 Å². The second kappa shape index (κ2) is 9.64. The minimum Gasteiger partial charge on any atom is -0.307 e. The molecule has 0 unspecified atom stereocenters. The van der Waals surface area contributed by atoms with Crippen LogP contribution in [0.3, 0.4) is 0 Å². The van der Waals surface area contributed by atoms with Crippen LogP contribution in [-0.2, 0) is 25.9 Å². The molecular formula is C23H18F3N5O5S2. The number of anilines is 1. The van der Waals surface area contributed by atoms with Gasteiger partial charge in [-0.2, -0.15) is 18.3 Å². The second-order valence-corrected chi connectivity index (χ2v) is 12.2. The topological polar surface area (TPSA) is 141 Å². The van der Waals surface area contributed by atoms with Gasteiger partial charge in [-0.05, 0) is 48.5 Å². The van der Waals surface area contributed by atoms with Crippen molar-refractivity contribution in [2.45, 2.75) is 16.0 Å². The largest absolute Gasteiger partial charge is 0.433 e. The van der Waals surface area contributed by atoms with Gasteiger partial charge >= 0.3 is 6.18 Å². The van der Waals surface area contributed by atoms with Crippen molar-refractivity contribution in [1.29, 1.82) is 0 Å². The van der Waals surface area contributed by atoms with Crippen molar-refractivity contribution < 1.29 is 34.8 Å². The summed E-state index contributed by atoms with van der Waals surface area (Å²) in [5, 5.41) is 6.41. The highest BCUT2D eigenvalue weighted by atomic mass is 32.2. The summed E-state index contributed by atoms with van der Waals surface area (Å²) >= 11 is 0. The predicted molar refractivity (Wildman–Crippen MR) is 130 cm³/mol. The maximum absolute atomic E-state index is 13.7. The number of aromatic nitrogens is 4. The van der Waals surface area contributed by atoms with E-state index in [9.17, 15) is 34.8 Å². The summed E-state index contributed by atoms with van der Waals surface area (Å²) in [6, 6.07) is 9.41. The third-order valence-electron chi connectivity index (χ3n) is 5.19. The first kappa shape index (κ1) is 26.9. The molecule has 0 spiro atoms. The number of carbonyl (C=O) groups excluding carboxylic acids is 1. The van der Waals surface area contributed by atoms with E-state index in [1.54, 1.807) is 12.1 Å². The molecule has 1 amide bonds. The Bertz CT molecular complexity index is 1690. The molecule has 0 radical (unpaired) electrons. The fourth-order valence-electron chi connectivity index (χ4n) is 3.34. The van der Waals surface area contributed by atoms with E-state index in [1.807, 2.05) is 0 Å². The van der Waals surface area contributed by atoms with Crippen molar-refractivity contribution in [1.82, 2.24) is 19.7 Å². The number of alkyl halides is 3. The first-order valence-corrected chi connectivity index (χ1v) is 14.3. The molecule has 198 valence electrons. The number of rotatable bonds is 6. The Morgan fingerprint density at radius 3 is 2.08 bits per heavy atom. The molecule has 38 heavy (non-hydrogen) atoms. The van der Waals surface area contributed by atoms with E-state index in [4.69, 9.17) is 0 Å². The van der Waals surface area contributed by atoms with Gasteiger partial charge < -0.3 is 5.32 Å². The summed E-state index contributed by atoms with van der Waals surface area (Å²) in [6.45, 7) is 0. The van der Waals surface area contributed by atoms with Crippen LogP contribution >= 0.6 is 0 Å². The van der Waals surface area contributed by atoms with Gasteiger partial charge in [0.1, 0.15) is 11.5 Å². The van der Waals surface area contributed by atoms with Gasteiger partial charge in [0, 0.05) is 36.0 Å². The number of pyridine rings is 2. The lowest BCUT2D eigenvalue weighted by atomic mass is 10.2. The molecule has 0 saturated heterocycles. The first-order chi connectivity index (χ1) is 17.6. The van der Waals surface area contributed by atoms with Crippen LogP contribution in [0.2, 0.25) is 0 Å². The molecule has 3 aromatic heterocycles. The van der Waals surface area contributed by atoms with Crippen molar-refractivity contribution in [2.24, 2.45) is 0 Å². The van der Waals surface area contributed by atoms with Crippen LogP contribution in [0, 0.1) is 0 Å². The molecule has 0 aliphatic heterocycles. The summed E-state index contributed by atoms with van der Waals surface area (Å²) in [7, 11) is -7.70. The molecule has 0 aliphatic carbocycles. The van der Waals surface area contributed by atoms with Crippen LogP contribution in [0.5, 0.6) is 0 Å². The fraction of sp³-hybridized carbons (Fsp3) is 0.130. The first-order valence-electron chi connectivity index (χ1n) is 10.5. The van der Waals surface area contributed by atoms with Crippen LogP contribution in [-0.4, -0.2) is 55.0 Å². The number of amides is 1. The molecule has 3 heterocycles. The van der Waals surface area contributed by atoms with Crippen LogP contribution in [0.15, 0.2) is 76.9 Å². The zero-order chi connectivity index (χ0) is 27.9. The Morgan fingerprint density at radius 1 is 0.921 bits per heavy atom. The van der Waals surface area contributed by atoms with Crippen molar-refractivity contribution in [3.05, 3.63) is 78.4 Å². The molecule has 0 bridgehead atoms. The lowest BCUT2D eigenvalue weighted by molar-refractivity contribution is -0.142. The molecule has 0 atom stereocenters. The number of hydrogen-bond donors (Lipinski definition) is 1. The molecule has 0 aliphatic rings. The maximum Gasteiger partial charge on any atom is 0.433 e. The number of hydrogen-bond acceptors (Lipinski definition) is 8. The summed E-state index contributed by atoms with van der Waals surface area (Å²) in [6.07, 6.45) is 0.891. The van der Waals surface area contributed by atoms with Crippen LogP contribution in [0.4, 0.5) is 19.0 Å². The Hall–Kier alpha value is -4.11. The van der Waals surface area contributed by atoms with Crippen molar-refractivity contribution in [2.75, 3.05) is 17.8 Å². The molecule has 1 N–H and O–H groups in total. The predicted octanol–water partition coefficient (Wildman–Crippen LogP) is 3.41. The molecular weight excluding hydrogens is 547 g/mol. The maximum atomic E-state index is 13.7. The van der Waals surface area contributed by atoms with Gasteiger partial charge in [0.2, 0.25) is 0 Å². The Kier molecular flexibility index (Phi) is 6.84. The van der Waals surface area contributed by atoms with Crippen molar-refractivity contribution in [3.8, 4) is 16.9 Å². The average Bonchev–Trinajstić information content (AvgIpc) is 3.30. The smallest absolute Gasteiger partial charge is 0.307 e. The summed E-state index contributed by atoms with van der Waals surface area (Å²) in [5.41, 5.74) is -0.967.